The third-order valence-corrected chi connectivity index (χ3v) is 4.80. The summed E-state index contributed by atoms with van der Waals surface area (Å²) in [7, 11) is 0. The van der Waals surface area contributed by atoms with E-state index >= 15 is 0 Å². The molecule has 6 heteroatoms. The van der Waals surface area contributed by atoms with Gasteiger partial charge in [-0.05, 0) is 37.5 Å². The quantitative estimate of drug-likeness (QED) is 0.348. The van der Waals surface area contributed by atoms with Crippen LogP contribution in [0.3, 0.4) is 0 Å². The Hall–Kier alpha value is -1.67. The zero-order valence-electron chi connectivity index (χ0n) is 16.5. The number of ether oxygens (including phenoxy) is 1. The van der Waals surface area contributed by atoms with Gasteiger partial charge in [-0.25, -0.2) is 0 Å². The van der Waals surface area contributed by atoms with Gasteiger partial charge in [-0.2, -0.15) is 0 Å². The van der Waals surface area contributed by atoms with Crippen molar-refractivity contribution in [2.45, 2.75) is 32.3 Å². The third kappa shape index (κ3) is 7.05. The molecule has 1 saturated heterocycles. The van der Waals surface area contributed by atoms with E-state index in [2.05, 4.69) is 52.9 Å². The van der Waals surface area contributed by atoms with Crippen molar-refractivity contribution >= 4 is 29.9 Å². The molecule has 3 rings (SSSR count). The normalized spacial score (nSPS) is 19.5. The van der Waals surface area contributed by atoms with Crippen molar-refractivity contribution in [1.82, 2.24) is 15.6 Å². The average Bonchev–Trinajstić information content (AvgIpc) is 2.74. The van der Waals surface area contributed by atoms with E-state index in [1.54, 1.807) is 0 Å². The molecule has 0 aliphatic carbocycles. The number of halogens is 1. The first kappa shape index (κ1) is 22.6. The zero-order chi connectivity index (χ0) is 18.7. The predicted molar refractivity (Wildman–Crippen MR) is 125 cm³/mol. The maximum absolute atomic E-state index is 6.09. The lowest BCUT2D eigenvalue weighted by atomic mass is 9.89. The fraction of sp³-hybridized carbons (Fsp3) is 0.455. The van der Waals surface area contributed by atoms with Crippen LogP contribution in [0.25, 0.3) is 0 Å². The molecule has 0 amide bonds. The second kappa shape index (κ2) is 12.7. The van der Waals surface area contributed by atoms with Gasteiger partial charge in [-0.1, -0.05) is 36.4 Å². The Labute approximate surface area is 185 Å². The molecule has 0 saturated carbocycles. The number of guanidine groups is 1. The van der Waals surface area contributed by atoms with Crippen LogP contribution in [-0.2, 0) is 11.2 Å². The first-order chi connectivity index (χ1) is 13.4. The van der Waals surface area contributed by atoms with Crippen molar-refractivity contribution in [2.75, 3.05) is 26.2 Å². The Morgan fingerprint density at radius 3 is 2.71 bits per heavy atom. The van der Waals surface area contributed by atoms with Gasteiger partial charge in [0.15, 0.2) is 5.96 Å². The summed E-state index contributed by atoms with van der Waals surface area (Å²) in [4.78, 5) is 9.21. The monoisotopic (exact) mass is 494 g/mol. The van der Waals surface area contributed by atoms with Gasteiger partial charge in [-0.3, -0.25) is 9.98 Å². The summed E-state index contributed by atoms with van der Waals surface area (Å²) in [5.41, 5.74) is 2.34. The predicted octanol–water partition coefficient (Wildman–Crippen LogP) is 3.97. The number of aliphatic imine (C=N–C) groups is 1. The van der Waals surface area contributed by atoms with E-state index < -0.39 is 0 Å². The van der Waals surface area contributed by atoms with E-state index in [-0.39, 0.29) is 30.1 Å². The van der Waals surface area contributed by atoms with Crippen molar-refractivity contribution in [1.29, 1.82) is 0 Å². The summed E-state index contributed by atoms with van der Waals surface area (Å²) in [6.07, 6.45) is 5.11. The third-order valence-electron chi connectivity index (χ3n) is 4.80. The number of nitrogens with one attached hydrogen (secondary N) is 2. The lowest BCUT2D eigenvalue weighted by Crippen LogP contribution is -2.39. The van der Waals surface area contributed by atoms with Crippen molar-refractivity contribution in [3.63, 3.8) is 0 Å². The van der Waals surface area contributed by atoms with E-state index in [9.17, 15) is 0 Å². The Morgan fingerprint density at radius 2 is 1.96 bits per heavy atom. The summed E-state index contributed by atoms with van der Waals surface area (Å²) >= 11 is 0. The molecule has 1 aromatic heterocycles. The fourth-order valence-corrected chi connectivity index (χ4v) is 3.45. The largest absolute Gasteiger partial charge is 0.373 e. The van der Waals surface area contributed by atoms with Gasteiger partial charge >= 0.3 is 0 Å². The molecule has 2 N–H and O–H groups in total. The summed E-state index contributed by atoms with van der Waals surface area (Å²) in [6.45, 7) is 5.35. The van der Waals surface area contributed by atoms with E-state index in [0.717, 1.165) is 57.2 Å². The molecular formula is C22H31IN4O. The number of nitrogens with zero attached hydrogens (tertiary/aromatic N) is 2. The van der Waals surface area contributed by atoms with E-state index in [1.165, 1.54) is 5.56 Å². The minimum absolute atomic E-state index is 0. The van der Waals surface area contributed by atoms with Crippen molar-refractivity contribution in [2.24, 2.45) is 10.9 Å². The van der Waals surface area contributed by atoms with Crippen LogP contribution < -0.4 is 10.6 Å². The van der Waals surface area contributed by atoms with Gasteiger partial charge in [0.2, 0.25) is 0 Å². The van der Waals surface area contributed by atoms with Gasteiger partial charge in [-0.15, -0.1) is 24.0 Å². The van der Waals surface area contributed by atoms with Crippen LogP contribution in [0.5, 0.6) is 0 Å². The number of aromatic nitrogens is 1. The smallest absolute Gasteiger partial charge is 0.191 e. The molecule has 5 nitrogen and oxygen atoms in total. The first-order valence-corrected chi connectivity index (χ1v) is 9.95. The van der Waals surface area contributed by atoms with Crippen LogP contribution in [0, 0.1) is 5.92 Å². The lowest BCUT2D eigenvalue weighted by molar-refractivity contribution is -0.0250. The summed E-state index contributed by atoms with van der Waals surface area (Å²) in [5, 5.41) is 6.76. The first-order valence-electron chi connectivity index (χ1n) is 9.95. The Kier molecular flexibility index (Phi) is 10.3. The minimum Gasteiger partial charge on any atom is -0.373 e. The van der Waals surface area contributed by atoms with E-state index in [1.807, 2.05) is 24.4 Å². The van der Waals surface area contributed by atoms with Crippen LogP contribution in [-0.4, -0.2) is 37.2 Å². The van der Waals surface area contributed by atoms with Gasteiger partial charge in [0.05, 0.1) is 6.10 Å². The standard InChI is InChI=1S/C22H30N4O.HI/c1-2-23-22(25-15-13-20-12-6-7-14-24-20)26-17-19-11-8-16-27-21(19)18-9-4-3-5-10-18;/h3-7,9-10,12,14,19,21H,2,8,11,13,15-17H2,1H3,(H2,23,25,26);1H. The molecule has 1 aliphatic rings. The number of benzene rings is 1. The molecule has 2 atom stereocenters. The summed E-state index contributed by atoms with van der Waals surface area (Å²) in [6, 6.07) is 16.5. The van der Waals surface area contributed by atoms with Gasteiger partial charge < -0.3 is 15.4 Å². The van der Waals surface area contributed by atoms with E-state index in [0.29, 0.717) is 5.92 Å². The molecule has 28 heavy (non-hydrogen) atoms. The molecule has 0 bridgehead atoms. The van der Waals surface area contributed by atoms with E-state index in [4.69, 9.17) is 9.73 Å². The molecule has 0 radical (unpaired) electrons. The number of hydrogen-bond donors (Lipinski definition) is 2. The van der Waals surface area contributed by atoms with Crippen LogP contribution in [0.1, 0.15) is 37.1 Å². The van der Waals surface area contributed by atoms with Gasteiger partial charge in [0.1, 0.15) is 0 Å². The molecule has 152 valence electrons. The maximum Gasteiger partial charge on any atom is 0.191 e. The SMILES string of the molecule is CCNC(=NCC1CCCOC1c1ccccc1)NCCc1ccccn1.I. The Balaban J connectivity index is 0.00000280. The highest BCUT2D eigenvalue weighted by atomic mass is 127. The molecule has 0 spiro atoms. The minimum atomic E-state index is 0. The highest BCUT2D eigenvalue weighted by Crippen LogP contribution is 2.33. The molecule has 2 unspecified atom stereocenters. The average molecular weight is 494 g/mol. The molecule has 2 aromatic rings. The highest BCUT2D eigenvalue weighted by molar-refractivity contribution is 14.0. The van der Waals surface area contributed by atoms with Crippen LogP contribution >= 0.6 is 24.0 Å². The molecule has 1 fully saturated rings. The summed E-state index contributed by atoms with van der Waals surface area (Å²) < 4.78 is 6.09. The van der Waals surface area contributed by atoms with Gasteiger partial charge in [0.25, 0.3) is 0 Å². The van der Waals surface area contributed by atoms with Crippen molar-refractivity contribution < 1.29 is 4.74 Å². The molecular weight excluding hydrogens is 463 g/mol. The Morgan fingerprint density at radius 1 is 1.14 bits per heavy atom. The lowest BCUT2D eigenvalue weighted by Gasteiger charge is -2.31. The van der Waals surface area contributed by atoms with Gasteiger partial charge in [0, 0.05) is 50.5 Å². The highest BCUT2D eigenvalue weighted by Gasteiger charge is 2.27. The number of pyridine rings is 1. The molecule has 1 aromatic carbocycles. The summed E-state index contributed by atoms with van der Waals surface area (Å²) in [5.74, 6) is 1.28. The Bertz CT molecular complexity index is 696. The van der Waals surface area contributed by atoms with Crippen molar-refractivity contribution in [3.8, 4) is 0 Å². The van der Waals surface area contributed by atoms with Crippen molar-refractivity contribution in [3.05, 3.63) is 66.0 Å². The topological polar surface area (TPSA) is 58.5 Å². The maximum atomic E-state index is 6.09. The zero-order valence-corrected chi connectivity index (χ0v) is 18.8. The second-order valence-corrected chi connectivity index (χ2v) is 6.82. The van der Waals surface area contributed by atoms with Crippen LogP contribution in [0.15, 0.2) is 59.7 Å². The van der Waals surface area contributed by atoms with Crippen LogP contribution in [0.4, 0.5) is 0 Å². The number of hydrogen-bond acceptors (Lipinski definition) is 3. The molecule has 2 heterocycles. The fourth-order valence-electron chi connectivity index (χ4n) is 3.45. The molecule has 1 aliphatic heterocycles. The van der Waals surface area contributed by atoms with Crippen LogP contribution in [0.2, 0.25) is 0 Å². The number of rotatable bonds is 7. The second-order valence-electron chi connectivity index (χ2n) is 6.82.